The fourth-order valence-corrected chi connectivity index (χ4v) is 4.01. The Labute approximate surface area is 131 Å². The van der Waals surface area contributed by atoms with Crippen molar-refractivity contribution < 1.29 is 4.79 Å². The molecule has 5 heteroatoms. The summed E-state index contributed by atoms with van der Waals surface area (Å²) in [5.74, 6) is 0.281. The number of hydrogen-bond donors (Lipinski definition) is 0. The number of carbonyl (C=O) groups is 1. The first-order valence-electron chi connectivity index (χ1n) is 8.19. The molecule has 0 radical (unpaired) electrons. The minimum Gasteiger partial charge on any atom is -0.292 e. The third-order valence-corrected chi connectivity index (χ3v) is 5.44. The van der Waals surface area contributed by atoms with Crippen LogP contribution in [0.15, 0.2) is 4.99 Å². The molecule has 0 N–H and O–H groups in total. The van der Waals surface area contributed by atoms with Crippen molar-refractivity contribution >= 4 is 23.3 Å². The highest BCUT2D eigenvalue weighted by atomic mass is 35.5. The summed E-state index contributed by atoms with van der Waals surface area (Å²) in [6, 6.07) is 2.42. The predicted octanol–water partition coefficient (Wildman–Crippen LogP) is 3.39. The van der Waals surface area contributed by atoms with Gasteiger partial charge in [-0.2, -0.15) is 5.26 Å². The van der Waals surface area contributed by atoms with Gasteiger partial charge in [0.2, 0.25) is 0 Å². The standard InChI is InChI=1S/C16H22ClN3O/c17-16(11-18)14(19-12-7-3-1-4-8-12)20(15(16)21)13-9-5-2-6-10-13/h12-13H,1-10H2. The summed E-state index contributed by atoms with van der Waals surface area (Å²) in [7, 11) is 0. The molecule has 1 heterocycles. The van der Waals surface area contributed by atoms with E-state index in [-0.39, 0.29) is 18.0 Å². The Balaban J connectivity index is 1.83. The molecule has 3 fully saturated rings. The maximum absolute atomic E-state index is 12.4. The van der Waals surface area contributed by atoms with Crippen LogP contribution >= 0.6 is 11.6 Å². The number of amidine groups is 1. The van der Waals surface area contributed by atoms with Crippen LogP contribution in [0.4, 0.5) is 0 Å². The van der Waals surface area contributed by atoms with Gasteiger partial charge in [-0.3, -0.25) is 14.7 Å². The average Bonchev–Trinajstić information content (AvgIpc) is 2.55. The number of nitriles is 1. The summed E-state index contributed by atoms with van der Waals surface area (Å²) in [5, 5.41) is 9.32. The van der Waals surface area contributed by atoms with Crippen molar-refractivity contribution in [1.82, 2.24) is 4.90 Å². The number of rotatable bonds is 2. The number of likely N-dealkylation sites (tertiary alicyclic amines) is 1. The molecule has 1 aliphatic heterocycles. The molecule has 114 valence electrons. The largest absolute Gasteiger partial charge is 0.292 e. The Morgan fingerprint density at radius 3 is 2.24 bits per heavy atom. The third-order valence-electron chi connectivity index (χ3n) is 5.02. The number of hydrogen-bond acceptors (Lipinski definition) is 3. The van der Waals surface area contributed by atoms with Crippen LogP contribution in [0.1, 0.15) is 64.2 Å². The lowest BCUT2D eigenvalue weighted by atomic mass is 9.87. The molecule has 3 rings (SSSR count). The lowest BCUT2D eigenvalue weighted by molar-refractivity contribution is -0.134. The van der Waals surface area contributed by atoms with Crippen LogP contribution in [0.5, 0.6) is 0 Å². The number of alkyl halides is 1. The summed E-state index contributed by atoms with van der Waals surface area (Å²) < 4.78 is 0. The van der Waals surface area contributed by atoms with E-state index in [2.05, 4.69) is 0 Å². The second-order valence-corrected chi connectivity index (χ2v) is 7.05. The highest BCUT2D eigenvalue weighted by molar-refractivity contribution is 6.56. The average molecular weight is 308 g/mol. The van der Waals surface area contributed by atoms with Gasteiger partial charge in [0.05, 0.1) is 6.04 Å². The molecule has 0 bridgehead atoms. The maximum atomic E-state index is 12.4. The summed E-state index contributed by atoms with van der Waals surface area (Å²) in [6.45, 7) is 0. The van der Waals surface area contributed by atoms with Crippen molar-refractivity contribution in [3.05, 3.63) is 0 Å². The number of amides is 1. The lowest BCUT2D eigenvalue weighted by Crippen LogP contribution is -2.70. The van der Waals surface area contributed by atoms with Crippen LogP contribution in [0.3, 0.4) is 0 Å². The van der Waals surface area contributed by atoms with E-state index in [1.54, 1.807) is 4.90 Å². The minimum absolute atomic E-state index is 0.203. The molecular weight excluding hydrogens is 286 g/mol. The SMILES string of the molecule is N#CC1(Cl)C(=O)N(C2CCCCC2)C1=NC1CCCCC1. The first-order valence-corrected chi connectivity index (χ1v) is 8.56. The molecule has 0 aromatic rings. The molecule has 0 spiro atoms. The zero-order valence-corrected chi connectivity index (χ0v) is 13.1. The van der Waals surface area contributed by atoms with Crippen LogP contribution in [0, 0.1) is 11.3 Å². The van der Waals surface area contributed by atoms with Gasteiger partial charge in [0, 0.05) is 6.04 Å². The summed E-state index contributed by atoms with van der Waals surface area (Å²) in [6.07, 6.45) is 11.3. The van der Waals surface area contributed by atoms with Crippen molar-refractivity contribution in [3.63, 3.8) is 0 Å². The third kappa shape index (κ3) is 2.57. The molecule has 0 aromatic carbocycles. The van der Waals surface area contributed by atoms with Gasteiger partial charge in [-0.25, -0.2) is 0 Å². The highest BCUT2D eigenvalue weighted by Crippen LogP contribution is 2.39. The number of carbonyl (C=O) groups excluding carboxylic acids is 1. The molecule has 1 atom stereocenters. The van der Waals surface area contributed by atoms with Gasteiger partial charge < -0.3 is 0 Å². The van der Waals surface area contributed by atoms with Crippen LogP contribution in [-0.2, 0) is 4.79 Å². The van der Waals surface area contributed by atoms with Crippen LogP contribution in [-0.4, -0.2) is 33.6 Å². The van der Waals surface area contributed by atoms with Crippen LogP contribution < -0.4 is 0 Å². The van der Waals surface area contributed by atoms with E-state index >= 15 is 0 Å². The van der Waals surface area contributed by atoms with E-state index in [9.17, 15) is 10.1 Å². The first-order chi connectivity index (χ1) is 10.2. The molecule has 1 amide bonds. The molecule has 0 aromatic heterocycles. The number of nitrogens with zero attached hydrogens (tertiary/aromatic N) is 3. The van der Waals surface area contributed by atoms with Crippen LogP contribution in [0.25, 0.3) is 0 Å². The number of β-lactam (4-membered cyclic amide) rings is 1. The Bertz CT molecular complexity index is 486. The number of halogens is 1. The molecule has 4 nitrogen and oxygen atoms in total. The normalized spacial score (nSPS) is 33.8. The zero-order chi connectivity index (χ0) is 14.9. The van der Waals surface area contributed by atoms with Gasteiger partial charge in [0.1, 0.15) is 6.07 Å². The van der Waals surface area contributed by atoms with E-state index in [4.69, 9.17) is 16.6 Å². The van der Waals surface area contributed by atoms with E-state index < -0.39 is 4.87 Å². The Morgan fingerprint density at radius 2 is 1.67 bits per heavy atom. The molecule has 1 saturated heterocycles. The van der Waals surface area contributed by atoms with E-state index in [1.165, 1.54) is 25.7 Å². The predicted molar refractivity (Wildman–Crippen MR) is 82.2 cm³/mol. The van der Waals surface area contributed by atoms with Crippen molar-refractivity contribution in [1.29, 1.82) is 5.26 Å². The van der Waals surface area contributed by atoms with E-state index in [1.807, 2.05) is 6.07 Å². The summed E-state index contributed by atoms with van der Waals surface area (Å²) in [4.78, 5) is 17.3. The maximum Gasteiger partial charge on any atom is 0.271 e. The quantitative estimate of drug-likeness (QED) is 0.580. The first kappa shape index (κ1) is 14.8. The summed E-state index contributed by atoms with van der Waals surface area (Å²) in [5.41, 5.74) is 0. The second kappa shape index (κ2) is 5.96. The monoisotopic (exact) mass is 307 g/mol. The molecular formula is C16H22ClN3O. The molecule has 1 unspecified atom stereocenters. The fraction of sp³-hybridized carbons (Fsp3) is 0.812. The molecule has 21 heavy (non-hydrogen) atoms. The molecule has 3 aliphatic rings. The zero-order valence-electron chi connectivity index (χ0n) is 12.4. The number of aliphatic imine (C=N–C) groups is 1. The minimum atomic E-state index is -1.52. The van der Waals surface area contributed by atoms with E-state index in [0.29, 0.717) is 5.84 Å². The van der Waals surface area contributed by atoms with Gasteiger partial charge in [0.25, 0.3) is 10.8 Å². The smallest absolute Gasteiger partial charge is 0.271 e. The Morgan fingerprint density at radius 1 is 1.10 bits per heavy atom. The van der Waals surface area contributed by atoms with Crippen LogP contribution in [0.2, 0.25) is 0 Å². The van der Waals surface area contributed by atoms with Gasteiger partial charge in [-0.15, -0.1) is 0 Å². The van der Waals surface area contributed by atoms with Crippen molar-refractivity contribution in [2.24, 2.45) is 4.99 Å². The molecule has 2 saturated carbocycles. The van der Waals surface area contributed by atoms with Gasteiger partial charge in [0.15, 0.2) is 5.84 Å². The van der Waals surface area contributed by atoms with Gasteiger partial charge in [-0.1, -0.05) is 50.1 Å². The lowest BCUT2D eigenvalue weighted by Gasteiger charge is -2.47. The summed E-state index contributed by atoms with van der Waals surface area (Å²) >= 11 is 6.26. The second-order valence-electron chi connectivity index (χ2n) is 6.48. The molecule has 2 aliphatic carbocycles. The van der Waals surface area contributed by atoms with E-state index in [0.717, 1.165) is 38.5 Å². The van der Waals surface area contributed by atoms with Gasteiger partial charge >= 0.3 is 0 Å². The Hall–Kier alpha value is -1.08. The van der Waals surface area contributed by atoms with Gasteiger partial charge in [-0.05, 0) is 25.7 Å². The van der Waals surface area contributed by atoms with Crippen molar-refractivity contribution in [3.8, 4) is 6.07 Å². The highest BCUT2D eigenvalue weighted by Gasteiger charge is 2.60. The Kier molecular flexibility index (Phi) is 4.21. The van der Waals surface area contributed by atoms with Crippen molar-refractivity contribution in [2.45, 2.75) is 81.2 Å². The fourth-order valence-electron chi connectivity index (χ4n) is 3.78. The topological polar surface area (TPSA) is 56.5 Å². The van der Waals surface area contributed by atoms with Crippen molar-refractivity contribution in [2.75, 3.05) is 0 Å².